The number of alkyl halides is 1. The average Bonchev–Trinajstić information content (AvgIpc) is 2.37. The van der Waals surface area contributed by atoms with E-state index in [1.807, 2.05) is 0 Å². The third kappa shape index (κ3) is 4.69. The van der Waals surface area contributed by atoms with Gasteiger partial charge < -0.3 is 10.4 Å². The van der Waals surface area contributed by atoms with Crippen LogP contribution in [-0.2, 0) is 0 Å². The summed E-state index contributed by atoms with van der Waals surface area (Å²) in [7, 11) is 0. The van der Waals surface area contributed by atoms with E-state index in [1.165, 1.54) is 0 Å². The number of aryl methyl sites for hydroxylation is 1. The van der Waals surface area contributed by atoms with Gasteiger partial charge >= 0.3 is 0 Å². The molecule has 1 atom stereocenters. The van der Waals surface area contributed by atoms with Crippen LogP contribution in [0.5, 0.6) is 5.75 Å². The molecule has 4 heteroatoms. The minimum atomic E-state index is -0.0791. The molecule has 0 fully saturated rings. The Morgan fingerprint density at radius 3 is 2.83 bits per heavy atom. The number of rotatable bonds is 6. The van der Waals surface area contributed by atoms with Crippen LogP contribution in [0, 0.1) is 12.8 Å². The third-order valence-electron chi connectivity index (χ3n) is 2.88. The smallest absolute Gasteiger partial charge is 0.251 e. The van der Waals surface area contributed by atoms with Crippen LogP contribution in [0.1, 0.15) is 35.7 Å². The van der Waals surface area contributed by atoms with Gasteiger partial charge in [-0.15, -0.1) is 0 Å². The molecule has 18 heavy (non-hydrogen) atoms. The molecule has 1 aromatic rings. The second-order valence-electron chi connectivity index (χ2n) is 4.66. The van der Waals surface area contributed by atoms with Gasteiger partial charge in [0.1, 0.15) is 5.75 Å². The van der Waals surface area contributed by atoms with Crippen molar-refractivity contribution in [1.82, 2.24) is 5.32 Å². The highest BCUT2D eigenvalue weighted by Crippen LogP contribution is 2.16. The van der Waals surface area contributed by atoms with Gasteiger partial charge in [-0.05, 0) is 49.4 Å². The number of phenolic OH excluding ortho intramolecular Hbond substituents is 1. The van der Waals surface area contributed by atoms with Gasteiger partial charge in [-0.25, -0.2) is 0 Å². The Morgan fingerprint density at radius 2 is 2.22 bits per heavy atom. The number of aromatic hydroxyl groups is 1. The zero-order valence-corrected chi connectivity index (χ0v) is 12.5. The molecule has 1 amide bonds. The minimum absolute atomic E-state index is 0.0791. The van der Waals surface area contributed by atoms with E-state index >= 15 is 0 Å². The Kier molecular flexibility index (Phi) is 6.19. The normalized spacial score (nSPS) is 12.2. The molecule has 0 aliphatic carbocycles. The van der Waals surface area contributed by atoms with E-state index in [-0.39, 0.29) is 11.7 Å². The van der Waals surface area contributed by atoms with E-state index in [9.17, 15) is 9.90 Å². The van der Waals surface area contributed by atoms with E-state index in [4.69, 9.17) is 0 Å². The topological polar surface area (TPSA) is 49.3 Å². The second-order valence-corrected chi connectivity index (χ2v) is 5.31. The molecule has 1 unspecified atom stereocenters. The largest absolute Gasteiger partial charge is 0.508 e. The van der Waals surface area contributed by atoms with Crippen molar-refractivity contribution in [3.05, 3.63) is 29.3 Å². The van der Waals surface area contributed by atoms with E-state index in [0.29, 0.717) is 18.0 Å². The molecular weight excluding hydrogens is 294 g/mol. The van der Waals surface area contributed by atoms with Crippen LogP contribution in [-0.4, -0.2) is 22.9 Å². The van der Waals surface area contributed by atoms with Crippen molar-refractivity contribution in [3.8, 4) is 5.75 Å². The maximum absolute atomic E-state index is 11.8. The zero-order chi connectivity index (χ0) is 13.5. The van der Waals surface area contributed by atoms with Crippen molar-refractivity contribution in [1.29, 1.82) is 0 Å². The summed E-state index contributed by atoms with van der Waals surface area (Å²) in [4.78, 5) is 11.8. The highest BCUT2D eigenvalue weighted by molar-refractivity contribution is 9.09. The zero-order valence-electron chi connectivity index (χ0n) is 10.9. The maximum atomic E-state index is 11.8. The number of phenols is 1. The standard InChI is InChI=1S/C14H20BrNO2/c1-10(9-15)4-3-7-16-14(18)12-5-6-13(17)11(2)8-12/h5-6,8,10,17H,3-4,7,9H2,1-2H3,(H,16,18). The van der Waals surface area contributed by atoms with Crippen molar-refractivity contribution >= 4 is 21.8 Å². The van der Waals surface area contributed by atoms with Gasteiger partial charge in [-0.2, -0.15) is 0 Å². The molecule has 0 saturated heterocycles. The minimum Gasteiger partial charge on any atom is -0.508 e. The molecule has 1 aromatic carbocycles. The summed E-state index contributed by atoms with van der Waals surface area (Å²) in [5, 5.41) is 13.3. The van der Waals surface area contributed by atoms with Crippen LogP contribution in [0.2, 0.25) is 0 Å². The van der Waals surface area contributed by atoms with Crippen molar-refractivity contribution in [2.24, 2.45) is 5.92 Å². The van der Waals surface area contributed by atoms with Crippen molar-refractivity contribution < 1.29 is 9.90 Å². The highest BCUT2D eigenvalue weighted by atomic mass is 79.9. The summed E-state index contributed by atoms with van der Waals surface area (Å²) < 4.78 is 0. The number of nitrogens with one attached hydrogen (secondary N) is 1. The summed E-state index contributed by atoms with van der Waals surface area (Å²) in [6.45, 7) is 4.65. The summed E-state index contributed by atoms with van der Waals surface area (Å²) in [6.07, 6.45) is 2.08. The third-order valence-corrected chi connectivity index (χ3v) is 3.99. The summed E-state index contributed by atoms with van der Waals surface area (Å²) in [5.74, 6) is 0.778. The number of benzene rings is 1. The predicted octanol–water partition coefficient (Wildman–Crippen LogP) is 3.24. The summed E-state index contributed by atoms with van der Waals surface area (Å²) >= 11 is 3.44. The van der Waals surface area contributed by atoms with Crippen molar-refractivity contribution in [3.63, 3.8) is 0 Å². The van der Waals surface area contributed by atoms with Crippen LogP contribution < -0.4 is 5.32 Å². The predicted molar refractivity (Wildman–Crippen MR) is 77.4 cm³/mol. The molecule has 3 nitrogen and oxygen atoms in total. The fourth-order valence-electron chi connectivity index (χ4n) is 1.63. The average molecular weight is 314 g/mol. The molecule has 0 saturated carbocycles. The van der Waals surface area contributed by atoms with E-state index in [1.54, 1.807) is 25.1 Å². The number of hydrogen-bond donors (Lipinski definition) is 2. The van der Waals surface area contributed by atoms with Crippen LogP contribution in [0.15, 0.2) is 18.2 Å². The van der Waals surface area contributed by atoms with Gasteiger partial charge in [0.05, 0.1) is 0 Å². The molecule has 2 N–H and O–H groups in total. The molecule has 0 heterocycles. The Hall–Kier alpha value is -1.03. The lowest BCUT2D eigenvalue weighted by atomic mass is 10.1. The first-order valence-corrected chi connectivity index (χ1v) is 7.30. The van der Waals surface area contributed by atoms with Crippen LogP contribution in [0.25, 0.3) is 0 Å². The quantitative estimate of drug-likeness (QED) is 0.625. The lowest BCUT2D eigenvalue weighted by molar-refractivity contribution is 0.0952. The summed E-state index contributed by atoms with van der Waals surface area (Å²) in [5.41, 5.74) is 1.31. The molecule has 0 bridgehead atoms. The number of halogens is 1. The van der Waals surface area contributed by atoms with E-state index in [2.05, 4.69) is 28.2 Å². The fraction of sp³-hybridized carbons (Fsp3) is 0.500. The van der Waals surface area contributed by atoms with Gasteiger partial charge in [0.25, 0.3) is 5.91 Å². The molecule has 0 spiro atoms. The Bertz CT molecular complexity index is 407. The Labute approximate surface area is 117 Å². The second kappa shape index (κ2) is 7.41. The molecule has 0 radical (unpaired) electrons. The SMILES string of the molecule is Cc1cc(C(=O)NCCCC(C)CBr)ccc1O. The Balaban J connectivity index is 2.39. The van der Waals surface area contributed by atoms with Crippen LogP contribution >= 0.6 is 15.9 Å². The fourth-order valence-corrected chi connectivity index (χ4v) is 1.95. The van der Waals surface area contributed by atoms with Gasteiger partial charge in [0, 0.05) is 17.4 Å². The molecular formula is C14H20BrNO2. The molecule has 0 aliphatic rings. The lowest BCUT2D eigenvalue weighted by Gasteiger charge is -2.09. The van der Waals surface area contributed by atoms with Gasteiger partial charge in [0.2, 0.25) is 0 Å². The van der Waals surface area contributed by atoms with Gasteiger partial charge in [-0.3, -0.25) is 4.79 Å². The first-order valence-electron chi connectivity index (χ1n) is 6.18. The number of hydrogen-bond acceptors (Lipinski definition) is 2. The molecule has 100 valence electrons. The first kappa shape index (κ1) is 15.0. The van der Waals surface area contributed by atoms with Gasteiger partial charge in [0.15, 0.2) is 0 Å². The van der Waals surface area contributed by atoms with Crippen LogP contribution in [0.4, 0.5) is 0 Å². The van der Waals surface area contributed by atoms with Crippen molar-refractivity contribution in [2.45, 2.75) is 26.7 Å². The van der Waals surface area contributed by atoms with Crippen LogP contribution in [0.3, 0.4) is 0 Å². The van der Waals surface area contributed by atoms with E-state index in [0.717, 1.165) is 23.7 Å². The summed E-state index contributed by atoms with van der Waals surface area (Å²) in [6, 6.07) is 4.89. The maximum Gasteiger partial charge on any atom is 0.251 e. The molecule has 0 aliphatic heterocycles. The number of amides is 1. The Morgan fingerprint density at radius 1 is 1.50 bits per heavy atom. The first-order chi connectivity index (χ1) is 8.54. The van der Waals surface area contributed by atoms with Gasteiger partial charge in [-0.1, -0.05) is 22.9 Å². The van der Waals surface area contributed by atoms with Crippen molar-refractivity contribution in [2.75, 3.05) is 11.9 Å². The van der Waals surface area contributed by atoms with E-state index < -0.39 is 0 Å². The highest BCUT2D eigenvalue weighted by Gasteiger charge is 2.07. The number of carbonyl (C=O) groups is 1. The monoisotopic (exact) mass is 313 g/mol. The molecule has 1 rings (SSSR count). The lowest BCUT2D eigenvalue weighted by Crippen LogP contribution is -2.24. The molecule has 0 aromatic heterocycles. The number of carbonyl (C=O) groups excluding carboxylic acids is 1.